The van der Waals surface area contributed by atoms with E-state index in [2.05, 4.69) is 0 Å². The van der Waals surface area contributed by atoms with Crippen molar-refractivity contribution >= 4 is 5.97 Å². The van der Waals surface area contributed by atoms with Crippen molar-refractivity contribution < 1.29 is 14.6 Å². The van der Waals surface area contributed by atoms with E-state index in [1.54, 1.807) is 7.11 Å². The first kappa shape index (κ1) is 12.6. The summed E-state index contributed by atoms with van der Waals surface area (Å²) in [6, 6.07) is 7.76. The van der Waals surface area contributed by atoms with Crippen molar-refractivity contribution in [3.05, 3.63) is 29.8 Å². The summed E-state index contributed by atoms with van der Waals surface area (Å²) >= 11 is 0. The van der Waals surface area contributed by atoms with Crippen LogP contribution in [-0.4, -0.2) is 18.2 Å². The third-order valence-corrected chi connectivity index (χ3v) is 2.74. The summed E-state index contributed by atoms with van der Waals surface area (Å²) in [5.41, 5.74) is 1.08. The van der Waals surface area contributed by atoms with Crippen LogP contribution in [0.5, 0.6) is 5.75 Å². The standard InChI is InChI=1S/C13H18O3/c1-3-10(9-13(14)15)8-11-6-4-5-7-12(11)16-2/h4-7,10H,3,8-9H2,1-2H3,(H,14,15). The zero-order chi connectivity index (χ0) is 12.0. The molecule has 0 bridgehead atoms. The van der Waals surface area contributed by atoms with Crippen molar-refractivity contribution in [2.45, 2.75) is 26.2 Å². The van der Waals surface area contributed by atoms with Gasteiger partial charge in [-0.3, -0.25) is 4.79 Å². The van der Waals surface area contributed by atoms with E-state index >= 15 is 0 Å². The van der Waals surface area contributed by atoms with Crippen LogP contribution in [0.4, 0.5) is 0 Å². The molecule has 1 rings (SSSR count). The maximum absolute atomic E-state index is 10.7. The number of benzene rings is 1. The van der Waals surface area contributed by atoms with Crippen LogP contribution in [0.2, 0.25) is 0 Å². The van der Waals surface area contributed by atoms with Crippen LogP contribution in [0.3, 0.4) is 0 Å². The maximum atomic E-state index is 10.7. The Hall–Kier alpha value is -1.51. The molecule has 3 heteroatoms. The van der Waals surface area contributed by atoms with Crippen molar-refractivity contribution in [3.63, 3.8) is 0 Å². The molecule has 16 heavy (non-hydrogen) atoms. The number of para-hydroxylation sites is 1. The molecule has 88 valence electrons. The van der Waals surface area contributed by atoms with E-state index in [0.717, 1.165) is 24.2 Å². The smallest absolute Gasteiger partial charge is 0.303 e. The zero-order valence-corrected chi connectivity index (χ0v) is 9.77. The highest BCUT2D eigenvalue weighted by molar-refractivity contribution is 5.67. The van der Waals surface area contributed by atoms with Gasteiger partial charge >= 0.3 is 5.97 Å². The Morgan fingerprint density at radius 2 is 2.12 bits per heavy atom. The molecule has 0 fully saturated rings. The van der Waals surface area contributed by atoms with Crippen LogP contribution in [-0.2, 0) is 11.2 Å². The molecule has 0 heterocycles. The molecule has 0 radical (unpaired) electrons. The Morgan fingerprint density at radius 1 is 1.44 bits per heavy atom. The number of rotatable bonds is 6. The average Bonchev–Trinajstić information content (AvgIpc) is 2.28. The lowest BCUT2D eigenvalue weighted by atomic mass is 9.93. The van der Waals surface area contributed by atoms with Gasteiger partial charge in [0.15, 0.2) is 0 Å². The first-order valence-corrected chi connectivity index (χ1v) is 5.51. The molecule has 0 spiro atoms. The van der Waals surface area contributed by atoms with Crippen molar-refractivity contribution in [1.29, 1.82) is 0 Å². The predicted molar refractivity (Wildman–Crippen MR) is 62.7 cm³/mol. The van der Waals surface area contributed by atoms with Crippen LogP contribution in [0, 0.1) is 5.92 Å². The van der Waals surface area contributed by atoms with E-state index in [1.165, 1.54) is 0 Å². The van der Waals surface area contributed by atoms with Gasteiger partial charge in [0.1, 0.15) is 5.75 Å². The summed E-state index contributed by atoms with van der Waals surface area (Å²) in [6.07, 6.45) is 1.84. The van der Waals surface area contributed by atoms with Crippen LogP contribution < -0.4 is 4.74 Å². The zero-order valence-electron chi connectivity index (χ0n) is 9.77. The van der Waals surface area contributed by atoms with Gasteiger partial charge in [0.05, 0.1) is 7.11 Å². The van der Waals surface area contributed by atoms with Gasteiger partial charge in [-0.25, -0.2) is 0 Å². The number of hydrogen-bond donors (Lipinski definition) is 1. The van der Waals surface area contributed by atoms with E-state index in [-0.39, 0.29) is 12.3 Å². The Kier molecular flexibility index (Phi) is 4.83. The molecule has 1 aromatic rings. The number of hydrogen-bond acceptors (Lipinski definition) is 2. The van der Waals surface area contributed by atoms with Crippen LogP contribution >= 0.6 is 0 Å². The summed E-state index contributed by atoms with van der Waals surface area (Å²) in [4.78, 5) is 10.7. The first-order valence-electron chi connectivity index (χ1n) is 5.51. The van der Waals surface area contributed by atoms with Crippen LogP contribution in [0.15, 0.2) is 24.3 Å². The fourth-order valence-electron chi connectivity index (χ4n) is 1.79. The molecule has 0 saturated carbocycles. The fraction of sp³-hybridized carbons (Fsp3) is 0.462. The largest absolute Gasteiger partial charge is 0.496 e. The molecule has 0 aliphatic rings. The van der Waals surface area contributed by atoms with Crippen molar-refractivity contribution in [1.82, 2.24) is 0 Å². The summed E-state index contributed by atoms with van der Waals surface area (Å²) in [5, 5.41) is 8.79. The minimum absolute atomic E-state index is 0.175. The summed E-state index contributed by atoms with van der Waals surface area (Å²) in [5.74, 6) is 0.280. The van der Waals surface area contributed by atoms with Crippen molar-refractivity contribution in [3.8, 4) is 5.75 Å². The lowest BCUT2D eigenvalue weighted by Gasteiger charge is -2.14. The van der Waals surface area contributed by atoms with Gasteiger partial charge in [-0.1, -0.05) is 31.5 Å². The second-order valence-electron chi connectivity index (χ2n) is 3.89. The molecule has 1 aromatic carbocycles. The Balaban J connectivity index is 2.73. The second kappa shape index (κ2) is 6.16. The molecular formula is C13H18O3. The van der Waals surface area contributed by atoms with Gasteiger partial charge < -0.3 is 9.84 Å². The lowest BCUT2D eigenvalue weighted by molar-refractivity contribution is -0.138. The van der Waals surface area contributed by atoms with E-state index in [1.807, 2.05) is 31.2 Å². The monoisotopic (exact) mass is 222 g/mol. The SMILES string of the molecule is CCC(CC(=O)O)Cc1ccccc1OC. The summed E-state index contributed by atoms with van der Waals surface area (Å²) in [7, 11) is 1.64. The molecule has 1 N–H and O–H groups in total. The highest BCUT2D eigenvalue weighted by atomic mass is 16.5. The molecule has 1 atom stereocenters. The lowest BCUT2D eigenvalue weighted by Crippen LogP contribution is -2.10. The molecule has 3 nitrogen and oxygen atoms in total. The number of aliphatic carboxylic acids is 1. The number of carbonyl (C=O) groups is 1. The maximum Gasteiger partial charge on any atom is 0.303 e. The highest BCUT2D eigenvalue weighted by Gasteiger charge is 2.13. The number of methoxy groups -OCH3 is 1. The minimum Gasteiger partial charge on any atom is -0.496 e. The fourth-order valence-corrected chi connectivity index (χ4v) is 1.79. The Bertz CT molecular complexity index is 347. The van der Waals surface area contributed by atoms with Gasteiger partial charge in [-0.05, 0) is 24.0 Å². The summed E-state index contributed by atoms with van der Waals surface area (Å²) in [6.45, 7) is 2.02. The van der Waals surface area contributed by atoms with Gasteiger partial charge in [0.25, 0.3) is 0 Å². The quantitative estimate of drug-likeness (QED) is 0.805. The predicted octanol–water partition coefficient (Wildman–Crippen LogP) is 2.74. The van der Waals surface area contributed by atoms with Gasteiger partial charge in [0, 0.05) is 6.42 Å². The molecule has 0 aromatic heterocycles. The second-order valence-corrected chi connectivity index (χ2v) is 3.89. The number of ether oxygens (including phenoxy) is 1. The van der Waals surface area contributed by atoms with Crippen molar-refractivity contribution in [2.75, 3.05) is 7.11 Å². The van der Waals surface area contributed by atoms with E-state index in [9.17, 15) is 4.79 Å². The number of carboxylic acid groups (broad SMARTS) is 1. The topological polar surface area (TPSA) is 46.5 Å². The molecule has 0 amide bonds. The Morgan fingerprint density at radius 3 is 2.69 bits per heavy atom. The van der Waals surface area contributed by atoms with E-state index in [4.69, 9.17) is 9.84 Å². The van der Waals surface area contributed by atoms with Crippen molar-refractivity contribution in [2.24, 2.45) is 5.92 Å². The summed E-state index contributed by atoms with van der Waals surface area (Å²) < 4.78 is 5.25. The minimum atomic E-state index is -0.734. The molecule has 0 aliphatic heterocycles. The Labute approximate surface area is 96.1 Å². The molecule has 1 unspecified atom stereocenters. The van der Waals surface area contributed by atoms with Crippen LogP contribution in [0.1, 0.15) is 25.3 Å². The third kappa shape index (κ3) is 3.57. The average molecular weight is 222 g/mol. The molecular weight excluding hydrogens is 204 g/mol. The highest BCUT2D eigenvalue weighted by Crippen LogP contribution is 2.23. The molecule has 0 aliphatic carbocycles. The van der Waals surface area contributed by atoms with Gasteiger partial charge in [-0.15, -0.1) is 0 Å². The van der Waals surface area contributed by atoms with Gasteiger partial charge in [-0.2, -0.15) is 0 Å². The first-order chi connectivity index (χ1) is 7.67. The number of carboxylic acids is 1. The molecule has 0 saturated heterocycles. The normalized spacial score (nSPS) is 12.1. The van der Waals surface area contributed by atoms with E-state index in [0.29, 0.717) is 0 Å². The third-order valence-electron chi connectivity index (χ3n) is 2.74. The van der Waals surface area contributed by atoms with Gasteiger partial charge in [0.2, 0.25) is 0 Å². The van der Waals surface area contributed by atoms with Crippen LogP contribution in [0.25, 0.3) is 0 Å². The van der Waals surface area contributed by atoms with E-state index < -0.39 is 5.97 Å².